The summed E-state index contributed by atoms with van der Waals surface area (Å²) in [5.74, 6) is -0.739. The summed E-state index contributed by atoms with van der Waals surface area (Å²) in [4.78, 5) is 7.94. The van der Waals surface area contributed by atoms with Crippen LogP contribution >= 0.6 is 0 Å². The van der Waals surface area contributed by atoms with Gasteiger partial charge in [0.1, 0.15) is 11.6 Å². The third-order valence-corrected chi connectivity index (χ3v) is 2.39. The molecule has 1 heterocycles. The molecule has 7 heteroatoms. The van der Waals surface area contributed by atoms with Gasteiger partial charge in [-0.2, -0.15) is 0 Å². The van der Waals surface area contributed by atoms with Crippen LogP contribution in [0.5, 0.6) is 5.75 Å². The maximum absolute atomic E-state index is 13.7. The summed E-state index contributed by atoms with van der Waals surface area (Å²) >= 11 is 0. The van der Waals surface area contributed by atoms with Crippen LogP contribution in [0.25, 0.3) is 0 Å². The van der Waals surface area contributed by atoms with Crippen LogP contribution in [0.1, 0.15) is 5.82 Å². The fourth-order valence-corrected chi connectivity index (χ4v) is 1.49. The molecule has 19 heavy (non-hydrogen) atoms. The lowest BCUT2D eigenvalue weighted by molar-refractivity contribution is 0.383. The largest absolute Gasteiger partial charge is 0.494 e. The van der Waals surface area contributed by atoms with E-state index in [1.807, 2.05) is 0 Å². The maximum atomic E-state index is 13.7. The zero-order valence-corrected chi connectivity index (χ0v) is 10.2. The molecule has 100 valence electrons. The number of nitrogens with zero attached hydrogens (tertiary/aromatic N) is 2. The van der Waals surface area contributed by atoms with Gasteiger partial charge < -0.3 is 15.8 Å². The number of aromatic nitrogens is 2. The monoisotopic (exact) mass is 266 g/mol. The van der Waals surface area contributed by atoms with Crippen LogP contribution in [0.4, 0.5) is 20.3 Å². The van der Waals surface area contributed by atoms with E-state index in [4.69, 9.17) is 5.73 Å². The van der Waals surface area contributed by atoms with Crippen molar-refractivity contribution in [3.8, 4) is 5.75 Å². The number of benzene rings is 1. The van der Waals surface area contributed by atoms with Crippen molar-refractivity contribution < 1.29 is 13.5 Å². The van der Waals surface area contributed by atoms with Crippen molar-refractivity contribution in [2.75, 3.05) is 12.4 Å². The molecule has 0 spiro atoms. The number of rotatable bonds is 4. The van der Waals surface area contributed by atoms with E-state index >= 15 is 0 Å². The summed E-state index contributed by atoms with van der Waals surface area (Å²) in [5.41, 5.74) is 5.36. The summed E-state index contributed by atoms with van der Waals surface area (Å²) in [5, 5.41) is 2.66. The van der Waals surface area contributed by atoms with E-state index in [0.717, 1.165) is 12.1 Å². The summed E-state index contributed by atoms with van der Waals surface area (Å²) in [7, 11) is 1.27. The zero-order chi connectivity index (χ0) is 13.8. The standard InChI is InChI=1S/C12H12F2N4O/c1-19-10-5-7(13)9(4-8(10)14)17-11-2-3-16-12(6-15)18-11/h2-5H,6,15H2,1H3,(H,16,17,18). The van der Waals surface area contributed by atoms with Crippen molar-refractivity contribution in [1.82, 2.24) is 9.97 Å². The van der Waals surface area contributed by atoms with Crippen LogP contribution < -0.4 is 15.8 Å². The summed E-state index contributed by atoms with van der Waals surface area (Å²) in [6.07, 6.45) is 1.48. The van der Waals surface area contributed by atoms with Crippen molar-refractivity contribution in [3.05, 3.63) is 41.9 Å². The molecule has 2 aromatic rings. The van der Waals surface area contributed by atoms with Crippen molar-refractivity contribution in [3.63, 3.8) is 0 Å². The Kier molecular flexibility index (Phi) is 3.86. The van der Waals surface area contributed by atoms with Crippen LogP contribution in [-0.2, 0) is 6.54 Å². The lowest BCUT2D eigenvalue weighted by atomic mass is 10.2. The molecule has 0 saturated carbocycles. The summed E-state index contributed by atoms with van der Waals surface area (Å²) in [6, 6.07) is 3.49. The minimum atomic E-state index is -0.667. The lowest BCUT2D eigenvalue weighted by Crippen LogP contribution is -2.05. The third kappa shape index (κ3) is 2.94. The molecule has 0 unspecified atom stereocenters. The number of hydrogen-bond donors (Lipinski definition) is 2. The number of ether oxygens (including phenoxy) is 1. The molecule has 0 atom stereocenters. The smallest absolute Gasteiger partial charge is 0.167 e. The molecule has 0 aliphatic carbocycles. The van der Waals surface area contributed by atoms with Gasteiger partial charge in [0.15, 0.2) is 17.4 Å². The Bertz CT molecular complexity index is 592. The fraction of sp³-hybridized carbons (Fsp3) is 0.167. The highest BCUT2D eigenvalue weighted by Crippen LogP contribution is 2.26. The third-order valence-electron chi connectivity index (χ3n) is 2.39. The van der Waals surface area contributed by atoms with E-state index in [1.54, 1.807) is 0 Å². The van der Waals surface area contributed by atoms with Gasteiger partial charge in [-0.3, -0.25) is 0 Å². The Hall–Kier alpha value is -2.28. The number of nitrogens with one attached hydrogen (secondary N) is 1. The highest BCUT2D eigenvalue weighted by atomic mass is 19.1. The first kappa shape index (κ1) is 13.2. The Morgan fingerprint density at radius 1 is 1.32 bits per heavy atom. The fourth-order valence-electron chi connectivity index (χ4n) is 1.49. The highest BCUT2D eigenvalue weighted by molar-refractivity contribution is 5.58. The second-order valence-corrected chi connectivity index (χ2v) is 3.65. The first-order chi connectivity index (χ1) is 9.13. The van der Waals surface area contributed by atoms with Crippen LogP contribution in [0.3, 0.4) is 0 Å². The first-order valence-electron chi connectivity index (χ1n) is 5.46. The van der Waals surface area contributed by atoms with Gasteiger partial charge in [-0.25, -0.2) is 18.7 Å². The number of methoxy groups -OCH3 is 1. The number of nitrogens with two attached hydrogens (primary N) is 1. The number of halogens is 2. The summed E-state index contributed by atoms with van der Waals surface area (Å²) in [6.45, 7) is 0.162. The van der Waals surface area contributed by atoms with Crippen molar-refractivity contribution in [2.45, 2.75) is 6.54 Å². The SMILES string of the molecule is COc1cc(F)c(Nc2ccnc(CN)n2)cc1F. The molecule has 1 aromatic carbocycles. The molecule has 3 N–H and O–H groups in total. The van der Waals surface area contributed by atoms with Gasteiger partial charge in [-0.05, 0) is 6.07 Å². The molecule has 0 aliphatic heterocycles. The number of hydrogen-bond acceptors (Lipinski definition) is 5. The molecule has 0 saturated heterocycles. The van der Waals surface area contributed by atoms with E-state index in [0.29, 0.717) is 11.6 Å². The molecule has 0 fully saturated rings. The van der Waals surface area contributed by atoms with Crippen LogP contribution in [-0.4, -0.2) is 17.1 Å². The van der Waals surface area contributed by atoms with Crippen LogP contribution in [0, 0.1) is 11.6 Å². The molecular weight excluding hydrogens is 254 g/mol. The van der Waals surface area contributed by atoms with Crippen LogP contribution in [0.2, 0.25) is 0 Å². The molecule has 0 aliphatic rings. The van der Waals surface area contributed by atoms with E-state index in [-0.39, 0.29) is 18.0 Å². The first-order valence-corrected chi connectivity index (χ1v) is 5.46. The topological polar surface area (TPSA) is 73.1 Å². The Labute approximate surface area is 108 Å². The van der Waals surface area contributed by atoms with Gasteiger partial charge in [0.25, 0.3) is 0 Å². The van der Waals surface area contributed by atoms with E-state index in [1.165, 1.54) is 19.4 Å². The van der Waals surface area contributed by atoms with Gasteiger partial charge >= 0.3 is 0 Å². The molecule has 2 rings (SSSR count). The Morgan fingerprint density at radius 2 is 2.11 bits per heavy atom. The van der Waals surface area contributed by atoms with E-state index < -0.39 is 11.6 Å². The molecule has 1 aromatic heterocycles. The molecule has 0 amide bonds. The Morgan fingerprint density at radius 3 is 2.79 bits per heavy atom. The molecule has 5 nitrogen and oxygen atoms in total. The summed E-state index contributed by atoms with van der Waals surface area (Å²) < 4.78 is 31.9. The minimum Gasteiger partial charge on any atom is -0.494 e. The van der Waals surface area contributed by atoms with E-state index in [2.05, 4.69) is 20.0 Å². The van der Waals surface area contributed by atoms with E-state index in [9.17, 15) is 8.78 Å². The van der Waals surface area contributed by atoms with Gasteiger partial charge in [-0.15, -0.1) is 0 Å². The predicted molar refractivity (Wildman–Crippen MR) is 66.1 cm³/mol. The van der Waals surface area contributed by atoms with Crippen molar-refractivity contribution >= 4 is 11.5 Å². The predicted octanol–water partition coefficient (Wildman–Crippen LogP) is 1.97. The second-order valence-electron chi connectivity index (χ2n) is 3.65. The highest BCUT2D eigenvalue weighted by Gasteiger charge is 2.11. The quantitative estimate of drug-likeness (QED) is 0.885. The lowest BCUT2D eigenvalue weighted by Gasteiger charge is -2.09. The molecule has 0 radical (unpaired) electrons. The molecular formula is C12H12F2N4O. The maximum Gasteiger partial charge on any atom is 0.167 e. The Balaban J connectivity index is 2.30. The normalized spacial score (nSPS) is 10.3. The van der Waals surface area contributed by atoms with Gasteiger partial charge in [-0.1, -0.05) is 0 Å². The molecule has 0 bridgehead atoms. The van der Waals surface area contributed by atoms with Crippen LogP contribution in [0.15, 0.2) is 24.4 Å². The average Bonchev–Trinajstić information content (AvgIpc) is 2.42. The van der Waals surface area contributed by atoms with Gasteiger partial charge in [0.05, 0.1) is 19.3 Å². The average molecular weight is 266 g/mol. The van der Waals surface area contributed by atoms with Gasteiger partial charge in [0, 0.05) is 18.3 Å². The van der Waals surface area contributed by atoms with Crippen molar-refractivity contribution in [1.29, 1.82) is 0 Å². The second kappa shape index (κ2) is 5.57. The zero-order valence-electron chi connectivity index (χ0n) is 10.2. The van der Waals surface area contributed by atoms with Crippen molar-refractivity contribution in [2.24, 2.45) is 5.73 Å². The minimum absolute atomic E-state index is 0.0417. The number of anilines is 2. The van der Waals surface area contributed by atoms with Gasteiger partial charge in [0.2, 0.25) is 0 Å².